The number of nitrogens with zero attached hydrogens (tertiary/aromatic N) is 1. The number of halogens is 1. The van der Waals surface area contributed by atoms with Gasteiger partial charge in [0.05, 0.1) is 18.6 Å². The quantitative estimate of drug-likeness (QED) is 0.190. The highest BCUT2D eigenvalue weighted by molar-refractivity contribution is 6.30. The van der Waals surface area contributed by atoms with Crippen LogP contribution in [0.15, 0.2) is 60.2 Å². The van der Waals surface area contributed by atoms with Gasteiger partial charge in [-0.05, 0) is 74.9 Å². The van der Waals surface area contributed by atoms with Gasteiger partial charge in [-0.25, -0.2) is 9.63 Å². The molecule has 0 heterocycles. The molecule has 0 amide bonds. The third-order valence-corrected chi connectivity index (χ3v) is 4.96. The lowest BCUT2D eigenvalue weighted by molar-refractivity contribution is -0.489. The average Bonchev–Trinajstić information content (AvgIpc) is 2.76. The molecule has 0 unspecified atom stereocenters. The summed E-state index contributed by atoms with van der Waals surface area (Å²) in [5.74, 6) is -0.288. The molecule has 0 aliphatic carbocycles. The molecule has 0 fully saturated rings. The summed E-state index contributed by atoms with van der Waals surface area (Å²) in [6.45, 7) is 8.72. The molecule has 34 heavy (non-hydrogen) atoms. The van der Waals surface area contributed by atoms with Crippen LogP contribution in [0.3, 0.4) is 0 Å². The van der Waals surface area contributed by atoms with Crippen LogP contribution < -0.4 is 4.74 Å². The van der Waals surface area contributed by atoms with Crippen LogP contribution in [0.1, 0.15) is 50.5 Å². The van der Waals surface area contributed by atoms with Crippen molar-refractivity contribution in [2.45, 2.75) is 40.2 Å². The number of hydrogen-bond acceptors (Lipinski definition) is 8. The van der Waals surface area contributed by atoms with Crippen molar-refractivity contribution in [1.29, 1.82) is 0 Å². The summed E-state index contributed by atoms with van der Waals surface area (Å²) in [4.78, 5) is 29.8. The molecule has 8 nitrogen and oxygen atoms in total. The third kappa shape index (κ3) is 8.55. The minimum Gasteiger partial charge on any atom is -0.476 e. The summed E-state index contributed by atoms with van der Waals surface area (Å²) in [7, 11) is 0. The highest BCUT2D eigenvalue weighted by atomic mass is 35.5. The van der Waals surface area contributed by atoms with Crippen LogP contribution in [-0.4, -0.2) is 46.4 Å². The number of carbonyl (C=O) groups excluding carboxylic acids is 2. The first-order chi connectivity index (χ1) is 15.8. The second kappa shape index (κ2) is 11.6. The molecule has 0 aliphatic rings. The van der Waals surface area contributed by atoms with Crippen LogP contribution in [0.25, 0.3) is 0 Å². The predicted octanol–water partition coefficient (Wildman–Crippen LogP) is 5.26. The molecule has 0 atom stereocenters. The summed E-state index contributed by atoms with van der Waals surface area (Å²) in [6, 6.07) is 13.1. The van der Waals surface area contributed by atoms with E-state index in [4.69, 9.17) is 31.5 Å². The van der Waals surface area contributed by atoms with E-state index < -0.39 is 17.0 Å². The summed E-state index contributed by atoms with van der Waals surface area (Å²) in [6.07, 6.45) is 1.81. The SMILES string of the molecule is C/C(=C\C(C)(C)COC(=O)C(C)(C)Oc1ccc(C(=O)c2ccc(Cl)cc2)cc1)CON(O)O. The van der Waals surface area contributed by atoms with Crippen molar-refractivity contribution in [3.8, 4) is 5.75 Å². The van der Waals surface area contributed by atoms with Gasteiger partial charge in [-0.1, -0.05) is 31.5 Å². The zero-order valence-electron chi connectivity index (χ0n) is 19.9. The molecular weight excluding hydrogens is 462 g/mol. The van der Waals surface area contributed by atoms with Crippen LogP contribution >= 0.6 is 11.6 Å². The zero-order valence-corrected chi connectivity index (χ0v) is 20.6. The molecule has 0 saturated carbocycles. The van der Waals surface area contributed by atoms with E-state index in [1.807, 2.05) is 19.9 Å². The fourth-order valence-corrected chi connectivity index (χ4v) is 3.24. The second-order valence-corrected chi connectivity index (χ2v) is 9.49. The monoisotopic (exact) mass is 491 g/mol. The maximum atomic E-state index is 12.7. The largest absolute Gasteiger partial charge is 0.476 e. The molecule has 0 bridgehead atoms. The van der Waals surface area contributed by atoms with E-state index in [-0.39, 0.29) is 24.4 Å². The number of esters is 1. The van der Waals surface area contributed by atoms with Crippen molar-refractivity contribution in [1.82, 2.24) is 5.39 Å². The van der Waals surface area contributed by atoms with Crippen LogP contribution in [0.4, 0.5) is 0 Å². The van der Waals surface area contributed by atoms with Gasteiger partial charge in [-0.15, -0.1) is 0 Å². The fourth-order valence-electron chi connectivity index (χ4n) is 3.11. The minimum absolute atomic E-state index is 0.0322. The van der Waals surface area contributed by atoms with Gasteiger partial charge in [0.25, 0.3) is 0 Å². The topological polar surface area (TPSA) is 106 Å². The lowest BCUT2D eigenvalue weighted by Crippen LogP contribution is -2.41. The molecule has 2 N–H and O–H groups in total. The summed E-state index contributed by atoms with van der Waals surface area (Å²) in [5.41, 5.74) is -0.0798. The number of rotatable bonds is 11. The van der Waals surface area contributed by atoms with Crippen molar-refractivity contribution in [2.75, 3.05) is 13.2 Å². The van der Waals surface area contributed by atoms with Gasteiger partial charge in [0, 0.05) is 21.6 Å². The summed E-state index contributed by atoms with van der Waals surface area (Å²) < 4.78 is 11.3. The van der Waals surface area contributed by atoms with Crippen molar-refractivity contribution in [2.24, 2.45) is 5.41 Å². The molecule has 0 aliphatic heterocycles. The number of hydrogen-bond donors (Lipinski definition) is 2. The molecule has 0 saturated heterocycles. The van der Waals surface area contributed by atoms with Gasteiger partial charge in [0.1, 0.15) is 5.75 Å². The third-order valence-electron chi connectivity index (χ3n) is 4.71. The van der Waals surface area contributed by atoms with E-state index in [1.54, 1.807) is 69.3 Å². The van der Waals surface area contributed by atoms with Crippen molar-refractivity contribution in [3.63, 3.8) is 0 Å². The Hall–Kier alpha value is -2.75. The number of ketones is 1. The Morgan fingerprint density at radius 2 is 1.50 bits per heavy atom. The van der Waals surface area contributed by atoms with Crippen LogP contribution in [-0.2, 0) is 14.4 Å². The van der Waals surface area contributed by atoms with Gasteiger partial charge in [0.15, 0.2) is 11.4 Å². The average molecular weight is 492 g/mol. The number of ether oxygens (including phenoxy) is 2. The molecule has 2 rings (SSSR count). The fraction of sp³-hybridized carbons (Fsp3) is 0.360. The number of benzene rings is 2. The van der Waals surface area contributed by atoms with Crippen LogP contribution in [0.2, 0.25) is 5.02 Å². The van der Waals surface area contributed by atoms with E-state index in [0.717, 1.165) is 5.57 Å². The molecule has 184 valence electrons. The molecule has 2 aromatic rings. The first-order valence-electron chi connectivity index (χ1n) is 10.5. The first kappa shape index (κ1) is 27.5. The van der Waals surface area contributed by atoms with E-state index in [1.165, 1.54) is 0 Å². The summed E-state index contributed by atoms with van der Waals surface area (Å²) in [5, 5.41) is 17.4. The second-order valence-electron chi connectivity index (χ2n) is 9.05. The predicted molar refractivity (Wildman–Crippen MR) is 126 cm³/mol. The Balaban J connectivity index is 1.96. The van der Waals surface area contributed by atoms with Crippen LogP contribution in [0, 0.1) is 5.41 Å². The van der Waals surface area contributed by atoms with E-state index >= 15 is 0 Å². The minimum atomic E-state index is -1.27. The Morgan fingerprint density at radius 3 is 2.03 bits per heavy atom. The first-order valence-corrected chi connectivity index (χ1v) is 10.9. The molecular formula is C25H30ClNO7. The van der Waals surface area contributed by atoms with E-state index in [0.29, 0.717) is 21.9 Å². The Labute approximate surface area is 204 Å². The van der Waals surface area contributed by atoms with Gasteiger partial charge >= 0.3 is 5.97 Å². The maximum Gasteiger partial charge on any atom is 0.349 e. The maximum absolute atomic E-state index is 12.7. The smallest absolute Gasteiger partial charge is 0.349 e. The number of carbonyl (C=O) groups is 2. The van der Waals surface area contributed by atoms with E-state index in [9.17, 15) is 9.59 Å². The molecule has 2 aromatic carbocycles. The lowest BCUT2D eigenvalue weighted by Gasteiger charge is -2.27. The summed E-state index contributed by atoms with van der Waals surface area (Å²) >= 11 is 5.87. The lowest BCUT2D eigenvalue weighted by atomic mass is 9.92. The van der Waals surface area contributed by atoms with E-state index in [2.05, 4.69) is 4.84 Å². The Bertz CT molecular complexity index is 1010. The Kier molecular flexibility index (Phi) is 9.37. The molecule has 9 heteroatoms. The molecule has 0 aromatic heterocycles. The highest BCUT2D eigenvalue weighted by Crippen LogP contribution is 2.24. The standard InChI is InChI=1S/C25H30ClNO7/c1-17(15-33-27(30)31)14-24(2,3)16-32-23(29)25(4,5)34-21-12-8-19(9-13-21)22(28)18-6-10-20(26)11-7-18/h6-14,30-31H,15-16H2,1-5H3/b17-14+. The normalized spacial score (nSPS) is 12.6. The van der Waals surface area contributed by atoms with Crippen molar-refractivity contribution >= 4 is 23.4 Å². The molecule has 0 spiro atoms. The Morgan fingerprint density at radius 1 is 0.971 bits per heavy atom. The van der Waals surface area contributed by atoms with Crippen LogP contribution in [0.5, 0.6) is 5.75 Å². The van der Waals surface area contributed by atoms with Gasteiger partial charge in [-0.3, -0.25) is 15.2 Å². The van der Waals surface area contributed by atoms with Gasteiger partial charge in [0.2, 0.25) is 0 Å². The van der Waals surface area contributed by atoms with Crippen molar-refractivity contribution < 1.29 is 34.3 Å². The van der Waals surface area contributed by atoms with Gasteiger partial charge in [-0.2, -0.15) is 0 Å². The van der Waals surface area contributed by atoms with Gasteiger partial charge < -0.3 is 9.47 Å². The molecule has 0 radical (unpaired) electrons. The van der Waals surface area contributed by atoms with Crippen molar-refractivity contribution in [3.05, 3.63) is 76.3 Å². The highest BCUT2D eigenvalue weighted by Gasteiger charge is 2.33. The zero-order chi connectivity index (χ0) is 25.5.